The van der Waals surface area contributed by atoms with E-state index in [1.807, 2.05) is 25.1 Å². The monoisotopic (exact) mass is 368 g/mol. The number of rotatable bonds is 3. The number of carbonyl (C=O) groups excluding carboxylic acids is 1. The Balaban J connectivity index is 2.26. The van der Waals surface area contributed by atoms with Gasteiger partial charge < -0.3 is 11.1 Å². The second-order valence-electron chi connectivity index (χ2n) is 5.80. The standard InChI is InChI=1S/C16H21BrN2OS/c1-11-6-7-13(17)12(10-11)14(20)19-16(15(18)21)8-4-2-3-5-9-16/h6-7,10H,2-5,8-9H2,1H3,(H2,18,21)(H,19,20). The molecule has 0 aliphatic heterocycles. The van der Waals surface area contributed by atoms with Crippen molar-refractivity contribution in [3.05, 3.63) is 33.8 Å². The quantitative estimate of drug-likeness (QED) is 0.628. The zero-order valence-corrected chi connectivity index (χ0v) is 14.6. The van der Waals surface area contributed by atoms with E-state index in [1.165, 1.54) is 12.8 Å². The number of nitrogens with one attached hydrogen (secondary N) is 1. The lowest BCUT2D eigenvalue weighted by atomic mass is 9.89. The van der Waals surface area contributed by atoms with Crippen molar-refractivity contribution < 1.29 is 4.79 Å². The fourth-order valence-corrected chi connectivity index (χ4v) is 3.54. The SMILES string of the molecule is Cc1ccc(Br)c(C(=O)NC2(C(N)=S)CCCCCC2)c1. The third-order valence-electron chi connectivity index (χ3n) is 4.15. The highest BCUT2D eigenvalue weighted by molar-refractivity contribution is 9.10. The molecule has 1 aromatic carbocycles. The number of benzene rings is 1. The van der Waals surface area contributed by atoms with Gasteiger partial charge in [-0.15, -0.1) is 0 Å². The van der Waals surface area contributed by atoms with Gasteiger partial charge in [-0.25, -0.2) is 0 Å². The van der Waals surface area contributed by atoms with E-state index in [0.717, 1.165) is 35.7 Å². The summed E-state index contributed by atoms with van der Waals surface area (Å²) in [6.07, 6.45) is 6.11. The summed E-state index contributed by atoms with van der Waals surface area (Å²) in [4.78, 5) is 13.1. The second-order valence-corrected chi connectivity index (χ2v) is 7.09. The largest absolute Gasteiger partial charge is 0.391 e. The van der Waals surface area contributed by atoms with E-state index in [1.54, 1.807) is 0 Å². The molecule has 1 saturated carbocycles. The maximum Gasteiger partial charge on any atom is 0.253 e. The van der Waals surface area contributed by atoms with Crippen LogP contribution in [0.4, 0.5) is 0 Å². The summed E-state index contributed by atoms with van der Waals surface area (Å²) in [5, 5.41) is 3.12. The van der Waals surface area contributed by atoms with Crippen LogP contribution in [0, 0.1) is 6.92 Å². The molecule has 0 unspecified atom stereocenters. The van der Waals surface area contributed by atoms with Crippen LogP contribution in [0.2, 0.25) is 0 Å². The highest BCUT2D eigenvalue weighted by Gasteiger charge is 2.36. The van der Waals surface area contributed by atoms with Gasteiger partial charge >= 0.3 is 0 Å². The van der Waals surface area contributed by atoms with Crippen molar-refractivity contribution in [2.75, 3.05) is 0 Å². The lowest BCUT2D eigenvalue weighted by Gasteiger charge is -2.33. The number of amides is 1. The summed E-state index contributed by atoms with van der Waals surface area (Å²) in [6.45, 7) is 1.97. The molecule has 5 heteroatoms. The molecule has 0 spiro atoms. The number of carbonyl (C=O) groups is 1. The van der Waals surface area contributed by atoms with Gasteiger partial charge in [-0.3, -0.25) is 4.79 Å². The molecular formula is C16H21BrN2OS. The van der Waals surface area contributed by atoms with Gasteiger partial charge in [-0.1, -0.05) is 49.5 Å². The molecule has 3 nitrogen and oxygen atoms in total. The van der Waals surface area contributed by atoms with Gasteiger partial charge in [0.1, 0.15) is 0 Å². The van der Waals surface area contributed by atoms with Crippen molar-refractivity contribution in [2.45, 2.75) is 51.0 Å². The molecule has 0 heterocycles. The van der Waals surface area contributed by atoms with Crippen LogP contribution in [0.3, 0.4) is 0 Å². The highest BCUT2D eigenvalue weighted by atomic mass is 79.9. The number of hydrogen-bond acceptors (Lipinski definition) is 2. The average molecular weight is 369 g/mol. The maximum absolute atomic E-state index is 12.7. The Kier molecular flexibility index (Phi) is 5.38. The molecule has 3 N–H and O–H groups in total. The van der Waals surface area contributed by atoms with E-state index in [2.05, 4.69) is 21.2 Å². The molecule has 1 aliphatic carbocycles. The summed E-state index contributed by atoms with van der Waals surface area (Å²) in [7, 11) is 0. The van der Waals surface area contributed by atoms with Crippen LogP contribution in [-0.4, -0.2) is 16.4 Å². The number of halogens is 1. The third kappa shape index (κ3) is 3.83. The Hall–Kier alpha value is -0.940. The fourth-order valence-electron chi connectivity index (χ4n) is 2.86. The molecule has 0 bridgehead atoms. The zero-order valence-electron chi connectivity index (χ0n) is 12.2. The lowest BCUT2D eigenvalue weighted by molar-refractivity contribution is 0.0916. The number of nitrogens with two attached hydrogens (primary N) is 1. The first kappa shape index (κ1) is 16.4. The molecular weight excluding hydrogens is 348 g/mol. The predicted molar refractivity (Wildman–Crippen MR) is 93.6 cm³/mol. The van der Waals surface area contributed by atoms with E-state index >= 15 is 0 Å². The minimum Gasteiger partial charge on any atom is -0.391 e. The Morgan fingerprint density at radius 3 is 2.48 bits per heavy atom. The molecule has 2 rings (SSSR count). The van der Waals surface area contributed by atoms with E-state index in [9.17, 15) is 4.79 Å². The van der Waals surface area contributed by atoms with Gasteiger partial charge in [0.15, 0.2) is 0 Å². The van der Waals surface area contributed by atoms with Gasteiger partial charge in [-0.2, -0.15) is 0 Å². The van der Waals surface area contributed by atoms with Crippen molar-refractivity contribution in [3.8, 4) is 0 Å². The Morgan fingerprint density at radius 1 is 1.29 bits per heavy atom. The van der Waals surface area contributed by atoms with Crippen LogP contribution in [0.25, 0.3) is 0 Å². The van der Waals surface area contributed by atoms with Crippen LogP contribution in [0.1, 0.15) is 54.4 Å². The van der Waals surface area contributed by atoms with E-state index in [0.29, 0.717) is 10.6 Å². The summed E-state index contributed by atoms with van der Waals surface area (Å²) in [6, 6.07) is 5.74. The van der Waals surface area contributed by atoms with E-state index in [4.69, 9.17) is 18.0 Å². The summed E-state index contributed by atoms with van der Waals surface area (Å²) in [5.41, 5.74) is 7.12. The second kappa shape index (κ2) is 6.88. The van der Waals surface area contributed by atoms with Crippen molar-refractivity contribution >= 4 is 39.0 Å². The molecule has 0 saturated heterocycles. The Bertz CT molecular complexity index is 551. The molecule has 114 valence electrons. The van der Waals surface area contributed by atoms with Crippen LogP contribution in [-0.2, 0) is 0 Å². The third-order valence-corrected chi connectivity index (χ3v) is 5.23. The first-order valence-electron chi connectivity index (χ1n) is 7.33. The van der Waals surface area contributed by atoms with Crippen molar-refractivity contribution in [1.82, 2.24) is 5.32 Å². The topological polar surface area (TPSA) is 55.1 Å². The smallest absolute Gasteiger partial charge is 0.253 e. The van der Waals surface area contributed by atoms with Gasteiger partial charge in [0.05, 0.1) is 16.1 Å². The molecule has 1 fully saturated rings. The van der Waals surface area contributed by atoms with Gasteiger partial charge in [0.2, 0.25) is 0 Å². The van der Waals surface area contributed by atoms with Gasteiger partial charge in [-0.05, 0) is 47.8 Å². The average Bonchev–Trinajstić information content (AvgIpc) is 2.68. The summed E-state index contributed by atoms with van der Waals surface area (Å²) < 4.78 is 0.789. The molecule has 1 aliphatic rings. The molecule has 1 aromatic rings. The first-order chi connectivity index (χ1) is 9.94. The highest BCUT2D eigenvalue weighted by Crippen LogP contribution is 2.29. The Morgan fingerprint density at radius 2 is 1.90 bits per heavy atom. The molecule has 1 amide bonds. The minimum absolute atomic E-state index is 0.111. The van der Waals surface area contributed by atoms with Crippen molar-refractivity contribution in [1.29, 1.82) is 0 Å². The van der Waals surface area contributed by atoms with Gasteiger partial charge in [0, 0.05) is 4.47 Å². The first-order valence-corrected chi connectivity index (χ1v) is 8.53. The summed E-state index contributed by atoms with van der Waals surface area (Å²) in [5.74, 6) is -0.111. The lowest BCUT2D eigenvalue weighted by Crippen LogP contribution is -2.56. The van der Waals surface area contributed by atoms with Crippen molar-refractivity contribution in [3.63, 3.8) is 0 Å². The predicted octanol–water partition coefficient (Wildman–Crippen LogP) is 3.87. The molecule has 0 radical (unpaired) electrons. The van der Waals surface area contributed by atoms with Crippen LogP contribution < -0.4 is 11.1 Å². The van der Waals surface area contributed by atoms with Crippen LogP contribution >= 0.6 is 28.1 Å². The van der Waals surface area contributed by atoms with Crippen molar-refractivity contribution in [2.24, 2.45) is 5.73 Å². The van der Waals surface area contributed by atoms with Crippen LogP contribution in [0.15, 0.2) is 22.7 Å². The molecule has 21 heavy (non-hydrogen) atoms. The summed E-state index contributed by atoms with van der Waals surface area (Å²) >= 11 is 8.71. The minimum atomic E-state index is -0.536. The fraction of sp³-hybridized carbons (Fsp3) is 0.500. The number of aryl methyl sites for hydroxylation is 1. The Labute approximate surface area is 139 Å². The van der Waals surface area contributed by atoms with Gasteiger partial charge in [0.25, 0.3) is 5.91 Å². The number of thiocarbonyl (C=S) groups is 1. The molecule has 0 aromatic heterocycles. The van der Waals surface area contributed by atoms with E-state index < -0.39 is 5.54 Å². The zero-order chi connectivity index (χ0) is 15.5. The van der Waals surface area contributed by atoms with E-state index in [-0.39, 0.29) is 5.91 Å². The molecule has 0 atom stereocenters. The van der Waals surface area contributed by atoms with Crippen LogP contribution in [0.5, 0.6) is 0 Å². The number of hydrogen-bond donors (Lipinski definition) is 2. The maximum atomic E-state index is 12.7. The normalized spacial score (nSPS) is 17.8.